The van der Waals surface area contributed by atoms with Crippen molar-refractivity contribution in [1.82, 2.24) is 0 Å². The monoisotopic (exact) mass is 206 g/mol. The smallest absolute Gasteiger partial charge is 0.121 e. The van der Waals surface area contributed by atoms with E-state index in [0.717, 1.165) is 28.9 Å². The van der Waals surface area contributed by atoms with Crippen LogP contribution in [0.1, 0.15) is 23.1 Å². The highest BCUT2D eigenvalue weighted by molar-refractivity contribution is 7.80. The third-order valence-electron chi connectivity index (χ3n) is 1.96. The first-order valence-electron chi connectivity index (χ1n) is 4.55. The molecular formula is C12H14OS. The van der Waals surface area contributed by atoms with Gasteiger partial charge < -0.3 is 5.11 Å². The summed E-state index contributed by atoms with van der Waals surface area (Å²) in [4.78, 5) is 0. The van der Waals surface area contributed by atoms with Crippen LogP contribution in [0.15, 0.2) is 12.1 Å². The Morgan fingerprint density at radius 3 is 2.36 bits per heavy atom. The number of phenols is 1. The molecule has 1 aromatic rings. The third kappa shape index (κ3) is 2.71. The van der Waals surface area contributed by atoms with Gasteiger partial charge in [0.15, 0.2) is 0 Å². The van der Waals surface area contributed by atoms with Crippen LogP contribution in [0.3, 0.4) is 0 Å². The Morgan fingerprint density at radius 1 is 1.29 bits per heavy atom. The van der Waals surface area contributed by atoms with Gasteiger partial charge in [-0.05, 0) is 37.1 Å². The zero-order valence-corrected chi connectivity index (χ0v) is 9.36. The molecule has 0 unspecified atom stereocenters. The second-order valence-corrected chi connectivity index (χ2v) is 3.68. The Morgan fingerprint density at radius 2 is 1.86 bits per heavy atom. The quantitative estimate of drug-likeness (QED) is 0.534. The molecule has 1 aromatic carbocycles. The van der Waals surface area contributed by atoms with Gasteiger partial charge in [0.2, 0.25) is 0 Å². The molecule has 0 aliphatic rings. The van der Waals surface area contributed by atoms with Crippen molar-refractivity contribution in [2.75, 3.05) is 5.75 Å². The molecule has 0 spiro atoms. The standard InChI is InChI=1S/C12H14OS/c1-9-7-11(5-3-4-6-14)8-10(2)12(9)13/h7-8,13-14H,4,6H2,1-2H3. The molecular weight excluding hydrogens is 192 g/mol. The predicted octanol–water partition coefficient (Wildman–Crippen LogP) is 2.68. The minimum absolute atomic E-state index is 0.366. The van der Waals surface area contributed by atoms with E-state index in [0.29, 0.717) is 5.75 Å². The van der Waals surface area contributed by atoms with Crippen molar-refractivity contribution in [2.45, 2.75) is 20.3 Å². The summed E-state index contributed by atoms with van der Waals surface area (Å²) < 4.78 is 0. The van der Waals surface area contributed by atoms with Crippen molar-refractivity contribution in [1.29, 1.82) is 0 Å². The highest BCUT2D eigenvalue weighted by Crippen LogP contribution is 2.22. The third-order valence-corrected chi connectivity index (χ3v) is 2.18. The molecule has 0 aromatic heterocycles. The molecule has 0 fully saturated rings. The zero-order valence-electron chi connectivity index (χ0n) is 8.46. The summed E-state index contributed by atoms with van der Waals surface area (Å²) in [6.07, 6.45) is 0.794. The molecule has 14 heavy (non-hydrogen) atoms. The zero-order chi connectivity index (χ0) is 10.6. The van der Waals surface area contributed by atoms with Gasteiger partial charge in [0.05, 0.1) is 0 Å². The molecule has 2 heteroatoms. The molecule has 1 N–H and O–H groups in total. The van der Waals surface area contributed by atoms with Crippen LogP contribution in [-0.2, 0) is 0 Å². The van der Waals surface area contributed by atoms with Crippen molar-refractivity contribution in [2.24, 2.45) is 0 Å². The van der Waals surface area contributed by atoms with Gasteiger partial charge in [0.1, 0.15) is 5.75 Å². The van der Waals surface area contributed by atoms with Crippen molar-refractivity contribution in [3.63, 3.8) is 0 Å². The topological polar surface area (TPSA) is 20.2 Å². The number of aromatic hydroxyl groups is 1. The maximum Gasteiger partial charge on any atom is 0.121 e. The minimum Gasteiger partial charge on any atom is -0.507 e. The van der Waals surface area contributed by atoms with E-state index in [9.17, 15) is 5.11 Å². The van der Waals surface area contributed by atoms with Gasteiger partial charge in [0, 0.05) is 17.7 Å². The summed E-state index contributed by atoms with van der Waals surface area (Å²) in [6.45, 7) is 3.76. The fraction of sp³-hybridized carbons (Fsp3) is 0.333. The van der Waals surface area contributed by atoms with Crippen LogP contribution in [0.25, 0.3) is 0 Å². The molecule has 1 nitrogen and oxygen atoms in total. The molecule has 1 rings (SSSR count). The molecule has 0 saturated heterocycles. The van der Waals surface area contributed by atoms with Gasteiger partial charge in [0.25, 0.3) is 0 Å². The molecule has 74 valence electrons. The maximum absolute atomic E-state index is 9.54. The van der Waals surface area contributed by atoms with E-state index in [4.69, 9.17) is 0 Å². The summed E-state index contributed by atoms with van der Waals surface area (Å²) in [5, 5.41) is 9.54. The van der Waals surface area contributed by atoms with Gasteiger partial charge in [-0.2, -0.15) is 12.6 Å². The van der Waals surface area contributed by atoms with E-state index in [1.165, 1.54) is 0 Å². The average Bonchev–Trinajstić information content (AvgIpc) is 2.14. The van der Waals surface area contributed by atoms with Crippen LogP contribution in [0.5, 0.6) is 5.75 Å². The van der Waals surface area contributed by atoms with Crippen LogP contribution >= 0.6 is 12.6 Å². The minimum atomic E-state index is 0.366. The fourth-order valence-corrected chi connectivity index (χ4v) is 1.36. The highest BCUT2D eigenvalue weighted by Gasteiger charge is 2.00. The number of thiol groups is 1. The van der Waals surface area contributed by atoms with E-state index >= 15 is 0 Å². The maximum atomic E-state index is 9.54. The Bertz CT molecular complexity index is 362. The molecule has 0 radical (unpaired) electrons. The van der Waals surface area contributed by atoms with Crippen LogP contribution < -0.4 is 0 Å². The summed E-state index contributed by atoms with van der Waals surface area (Å²) in [5.41, 5.74) is 2.71. The van der Waals surface area contributed by atoms with E-state index < -0.39 is 0 Å². The van der Waals surface area contributed by atoms with Crippen LogP contribution in [0, 0.1) is 25.7 Å². The molecule has 0 atom stereocenters. The normalized spacial score (nSPS) is 9.36. The molecule has 0 aliphatic heterocycles. The first kappa shape index (κ1) is 11.0. The lowest BCUT2D eigenvalue weighted by Crippen LogP contribution is -1.84. The van der Waals surface area contributed by atoms with E-state index in [2.05, 4.69) is 24.5 Å². The summed E-state index contributed by atoms with van der Waals surface area (Å²) in [6, 6.07) is 3.79. The Kier molecular flexibility index (Phi) is 3.91. The van der Waals surface area contributed by atoms with Gasteiger partial charge in [-0.15, -0.1) is 0 Å². The Hall–Kier alpha value is -1.07. The lowest BCUT2D eigenvalue weighted by atomic mass is 10.1. The van der Waals surface area contributed by atoms with Crippen LogP contribution in [0.2, 0.25) is 0 Å². The predicted molar refractivity (Wildman–Crippen MR) is 62.9 cm³/mol. The highest BCUT2D eigenvalue weighted by atomic mass is 32.1. The van der Waals surface area contributed by atoms with E-state index in [-0.39, 0.29) is 0 Å². The van der Waals surface area contributed by atoms with Crippen molar-refractivity contribution >= 4 is 12.6 Å². The second-order valence-electron chi connectivity index (χ2n) is 3.23. The largest absolute Gasteiger partial charge is 0.507 e. The average molecular weight is 206 g/mol. The Balaban J connectivity index is 2.97. The molecule has 0 amide bonds. The van der Waals surface area contributed by atoms with Gasteiger partial charge >= 0.3 is 0 Å². The summed E-state index contributed by atoms with van der Waals surface area (Å²) in [7, 11) is 0. The second kappa shape index (κ2) is 4.97. The van der Waals surface area contributed by atoms with Crippen LogP contribution in [-0.4, -0.2) is 10.9 Å². The molecule has 0 bridgehead atoms. The fourth-order valence-electron chi connectivity index (χ4n) is 1.25. The number of hydrogen-bond acceptors (Lipinski definition) is 2. The lowest BCUT2D eigenvalue weighted by molar-refractivity contribution is 0.467. The molecule has 0 heterocycles. The van der Waals surface area contributed by atoms with Gasteiger partial charge in [-0.1, -0.05) is 11.8 Å². The number of benzene rings is 1. The van der Waals surface area contributed by atoms with Crippen molar-refractivity contribution in [3.05, 3.63) is 28.8 Å². The SMILES string of the molecule is Cc1cc(C#CCCS)cc(C)c1O. The number of hydrogen-bond donors (Lipinski definition) is 2. The van der Waals surface area contributed by atoms with Gasteiger partial charge in [-0.3, -0.25) is 0 Å². The van der Waals surface area contributed by atoms with Crippen molar-refractivity contribution in [3.8, 4) is 17.6 Å². The first-order valence-corrected chi connectivity index (χ1v) is 5.18. The molecule has 0 aliphatic carbocycles. The molecule has 0 saturated carbocycles. The van der Waals surface area contributed by atoms with E-state index in [1.807, 2.05) is 26.0 Å². The Labute approximate surface area is 90.6 Å². The lowest BCUT2D eigenvalue weighted by Gasteiger charge is -2.03. The number of phenolic OH excluding ortho intramolecular Hbond substituents is 1. The summed E-state index contributed by atoms with van der Waals surface area (Å²) >= 11 is 4.08. The van der Waals surface area contributed by atoms with Crippen molar-refractivity contribution < 1.29 is 5.11 Å². The first-order chi connectivity index (χ1) is 6.65. The van der Waals surface area contributed by atoms with E-state index in [1.54, 1.807) is 0 Å². The number of aryl methyl sites for hydroxylation is 2. The van der Waals surface area contributed by atoms with Crippen LogP contribution in [0.4, 0.5) is 0 Å². The van der Waals surface area contributed by atoms with Gasteiger partial charge in [-0.25, -0.2) is 0 Å². The number of rotatable bonds is 1. The summed E-state index contributed by atoms with van der Waals surface area (Å²) in [5.74, 6) is 7.21.